The first-order valence-electron chi connectivity index (χ1n) is 8.20. The lowest BCUT2D eigenvalue weighted by Crippen LogP contribution is -2.24. The number of hydrogen-bond donors (Lipinski definition) is 1. The maximum absolute atomic E-state index is 12.1. The summed E-state index contributed by atoms with van der Waals surface area (Å²) in [6.07, 6.45) is 12.3. The maximum Gasteiger partial charge on any atom is 0.252 e. The van der Waals surface area contributed by atoms with E-state index >= 15 is 0 Å². The zero-order chi connectivity index (χ0) is 15.3. The number of thioether (sulfide) groups is 1. The van der Waals surface area contributed by atoms with E-state index < -0.39 is 0 Å². The predicted octanol–water partition coefficient (Wildman–Crippen LogP) is 5.28. The summed E-state index contributed by atoms with van der Waals surface area (Å²) < 4.78 is 0. The Labute approximate surface area is 134 Å². The minimum atomic E-state index is 0.0582. The van der Waals surface area contributed by atoms with Crippen molar-refractivity contribution in [1.82, 2.24) is 5.32 Å². The molecule has 1 aromatic rings. The summed E-state index contributed by atoms with van der Waals surface area (Å²) in [6, 6.07) is 7.79. The van der Waals surface area contributed by atoms with Crippen molar-refractivity contribution in [2.45, 2.75) is 63.2 Å². The number of carbonyl (C=O) groups is 1. The Balaban J connectivity index is 2.11. The lowest BCUT2D eigenvalue weighted by Gasteiger charge is -2.08. The van der Waals surface area contributed by atoms with Gasteiger partial charge in [0, 0.05) is 11.4 Å². The molecule has 118 valence electrons. The van der Waals surface area contributed by atoms with Crippen LogP contribution in [0.2, 0.25) is 0 Å². The van der Waals surface area contributed by atoms with Crippen LogP contribution in [0.25, 0.3) is 0 Å². The first-order chi connectivity index (χ1) is 10.3. The number of amides is 1. The summed E-state index contributed by atoms with van der Waals surface area (Å²) in [4.78, 5) is 13.2. The number of hydrogen-bond acceptors (Lipinski definition) is 2. The van der Waals surface area contributed by atoms with E-state index in [1.165, 1.54) is 44.9 Å². The van der Waals surface area contributed by atoms with Gasteiger partial charge in [-0.2, -0.15) is 0 Å². The van der Waals surface area contributed by atoms with Crippen LogP contribution in [0.15, 0.2) is 29.2 Å². The molecule has 1 rings (SSSR count). The number of nitrogens with one attached hydrogen (secondary N) is 1. The normalized spacial score (nSPS) is 10.6. The zero-order valence-corrected chi connectivity index (χ0v) is 14.3. The Bertz CT molecular complexity index is 406. The summed E-state index contributed by atoms with van der Waals surface area (Å²) in [7, 11) is 0. The third-order valence-electron chi connectivity index (χ3n) is 3.67. The SMILES string of the molecule is CCCCCCCCCCNC(=O)c1ccccc1SC. The molecular weight excluding hydrogens is 278 g/mol. The largest absolute Gasteiger partial charge is 0.352 e. The molecule has 0 aliphatic heterocycles. The van der Waals surface area contributed by atoms with Gasteiger partial charge in [0.1, 0.15) is 0 Å². The Morgan fingerprint density at radius 3 is 2.29 bits per heavy atom. The van der Waals surface area contributed by atoms with Crippen LogP contribution >= 0.6 is 11.8 Å². The number of rotatable bonds is 11. The minimum Gasteiger partial charge on any atom is -0.352 e. The first-order valence-corrected chi connectivity index (χ1v) is 9.43. The summed E-state index contributed by atoms with van der Waals surface area (Å²) in [5.74, 6) is 0.0582. The van der Waals surface area contributed by atoms with E-state index in [4.69, 9.17) is 0 Å². The molecule has 21 heavy (non-hydrogen) atoms. The molecule has 0 saturated carbocycles. The molecule has 1 amide bonds. The molecule has 0 aliphatic carbocycles. The number of carbonyl (C=O) groups excluding carboxylic acids is 1. The molecule has 0 atom stereocenters. The fraction of sp³-hybridized carbons (Fsp3) is 0.611. The van der Waals surface area contributed by atoms with Crippen LogP contribution in [0.3, 0.4) is 0 Å². The van der Waals surface area contributed by atoms with Crippen molar-refractivity contribution in [1.29, 1.82) is 0 Å². The van der Waals surface area contributed by atoms with Crippen LogP contribution in [0.1, 0.15) is 68.6 Å². The van der Waals surface area contributed by atoms with Crippen LogP contribution in [0.4, 0.5) is 0 Å². The van der Waals surface area contributed by atoms with Crippen molar-refractivity contribution < 1.29 is 4.79 Å². The van der Waals surface area contributed by atoms with Gasteiger partial charge in [0.25, 0.3) is 5.91 Å². The predicted molar refractivity (Wildman–Crippen MR) is 93.2 cm³/mol. The Morgan fingerprint density at radius 1 is 1.00 bits per heavy atom. The van der Waals surface area contributed by atoms with Gasteiger partial charge in [-0.25, -0.2) is 0 Å². The Hall–Kier alpha value is -0.960. The second-order valence-corrected chi connectivity index (χ2v) is 6.28. The van der Waals surface area contributed by atoms with Crippen molar-refractivity contribution in [2.75, 3.05) is 12.8 Å². The molecule has 2 nitrogen and oxygen atoms in total. The molecule has 1 N–H and O–H groups in total. The summed E-state index contributed by atoms with van der Waals surface area (Å²) in [5, 5.41) is 3.03. The van der Waals surface area contributed by atoms with Gasteiger partial charge in [0.05, 0.1) is 5.56 Å². The van der Waals surface area contributed by atoms with Crippen LogP contribution in [0.5, 0.6) is 0 Å². The van der Waals surface area contributed by atoms with Crippen LogP contribution in [-0.4, -0.2) is 18.7 Å². The van der Waals surface area contributed by atoms with E-state index in [1.54, 1.807) is 11.8 Å². The second-order valence-electron chi connectivity index (χ2n) is 5.43. The summed E-state index contributed by atoms with van der Waals surface area (Å²) in [5.41, 5.74) is 0.796. The third-order valence-corrected chi connectivity index (χ3v) is 4.46. The Kier molecular flexibility index (Phi) is 10.1. The highest BCUT2D eigenvalue weighted by Crippen LogP contribution is 2.19. The maximum atomic E-state index is 12.1. The second kappa shape index (κ2) is 11.7. The molecule has 3 heteroatoms. The molecule has 0 bridgehead atoms. The Morgan fingerprint density at radius 2 is 1.62 bits per heavy atom. The van der Waals surface area contributed by atoms with E-state index in [0.717, 1.165) is 23.4 Å². The minimum absolute atomic E-state index is 0.0582. The molecule has 0 fully saturated rings. The van der Waals surface area contributed by atoms with E-state index in [0.29, 0.717) is 0 Å². The van der Waals surface area contributed by atoms with Crippen molar-refractivity contribution in [3.05, 3.63) is 29.8 Å². The standard InChI is InChI=1S/C18H29NOS/c1-3-4-5-6-7-8-9-12-15-19-18(20)16-13-10-11-14-17(16)21-2/h10-11,13-14H,3-9,12,15H2,1-2H3,(H,19,20). The smallest absolute Gasteiger partial charge is 0.252 e. The van der Waals surface area contributed by atoms with Crippen LogP contribution in [-0.2, 0) is 0 Å². The number of benzene rings is 1. The highest BCUT2D eigenvalue weighted by molar-refractivity contribution is 7.98. The van der Waals surface area contributed by atoms with Gasteiger partial charge in [0.15, 0.2) is 0 Å². The molecule has 0 aliphatic rings. The lowest BCUT2D eigenvalue weighted by molar-refractivity contribution is 0.0950. The quantitative estimate of drug-likeness (QED) is 0.445. The van der Waals surface area contributed by atoms with Crippen LogP contribution in [0, 0.1) is 0 Å². The van der Waals surface area contributed by atoms with Gasteiger partial charge in [-0.15, -0.1) is 11.8 Å². The molecule has 0 spiro atoms. The van der Waals surface area contributed by atoms with Crippen molar-refractivity contribution in [3.63, 3.8) is 0 Å². The van der Waals surface area contributed by atoms with Crippen molar-refractivity contribution in [3.8, 4) is 0 Å². The fourth-order valence-electron chi connectivity index (χ4n) is 2.39. The first kappa shape index (κ1) is 18.1. The highest BCUT2D eigenvalue weighted by Gasteiger charge is 2.08. The topological polar surface area (TPSA) is 29.1 Å². The molecule has 0 heterocycles. The third kappa shape index (κ3) is 7.56. The molecular formula is C18H29NOS. The monoisotopic (exact) mass is 307 g/mol. The molecule has 0 saturated heterocycles. The molecule has 0 unspecified atom stereocenters. The average Bonchev–Trinajstić information content (AvgIpc) is 2.53. The van der Waals surface area contributed by atoms with Crippen LogP contribution < -0.4 is 5.32 Å². The van der Waals surface area contributed by atoms with Gasteiger partial charge >= 0.3 is 0 Å². The van der Waals surface area contributed by atoms with Gasteiger partial charge in [0.2, 0.25) is 0 Å². The fourth-order valence-corrected chi connectivity index (χ4v) is 2.98. The highest BCUT2D eigenvalue weighted by atomic mass is 32.2. The van der Waals surface area contributed by atoms with Gasteiger partial charge in [-0.05, 0) is 24.8 Å². The summed E-state index contributed by atoms with van der Waals surface area (Å²) in [6.45, 7) is 3.04. The lowest BCUT2D eigenvalue weighted by atomic mass is 10.1. The number of unbranched alkanes of at least 4 members (excludes halogenated alkanes) is 7. The zero-order valence-electron chi connectivity index (χ0n) is 13.5. The van der Waals surface area contributed by atoms with Crippen molar-refractivity contribution in [2.24, 2.45) is 0 Å². The van der Waals surface area contributed by atoms with E-state index in [2.05, 4.69) is 12.2 Å². The van der Waals surface area contributed by atoms with Gasteiger partial charge in [-0.1, -0.05) is 64.0 Å². The van der Waals surface area contributed by atoms with Gasteiger partial charge < -0.3 is 5.32 Å². The molecule has 0 aromatic heterocycles. The molecule has 1 aromatic carbocycles. The van der Waals surface area contributed by atoms with E-state index in [-0.39, 0.29) is 5.91 Å². The van der Waals surface area contributed by atoms with E-state index in [1.807, 2.05) is 30.5 Å². The summed E-state index contributed by atoms with van der Waals surface area (Å²) >= 11 is 1.62. The molecule has 0 radical (unpaired) electrons. The van der Waals surface area contributed by atoms with Gasteiger partial charge in [-0.3, -0.25) is 4.79 Å². The van der Waals surface area contributed by atoms with Crippen molar-refractivity contribution >= 4 is 17.7 Å². The van der Waals surface area contributed by atoms with E-state index in [9.17, 15) is 4.79 Å². The average molecular weight is 308 g/mol.